The van der Waals surface area contributed by atoms with E-state index >= 15 is 0 Å². The monoisotopic (exact) mass is 320 g/mol. The van der Waals surface area contributed by atoms with Crippen LogP contribution >= 0.6 is 0 Å². The first-order valence-electron chi connectivity index (χ1n) is 8.45. The van der Waals surface area contributed by atoms with Gasteiger partial charge in [0.15, 0.2) is 18.1 Å². The molecule has 1 heterocycles. The van der Waals surface area contributed by atoms with Crippen LogP contribution in [0.4, 0.5) is 0 Å². The van der Waals surface area contributed by atoms with Crippen molar-refractivity contribution in [2.75, 3.05) is 45.9 Å². The molecule has 1 aliphatic rings. The standard InChI is InChI=1S/C18H28N2O3/c1-4-22-16-7-5-6-8-17(16)23-14-18(21)20-11-9-19(10-12-20)13-15(2)3/h5-8,15H,4,9-14H2,1-3H3. The Bertz CT molecular complexity index is 497. The zero-order valence-corrected chi connectivity index (χ0v) is 14.5. The van der Waals surface area contributed by atoms with Gasteiger partial charge in [-0.05, 0) is 25.0 Å². The summed E-state index contributed by atoms with van der Waals surface area (Å²) in [4.78, 5) is 16.6. The number of rotatable bonds is 7. The molecule has 2 rings (SSSR count). The van der Waals surface area contributed by atoms with E-state index in [1.807, 2.05) is 36.1 Å². The van der Waals surface area contributed by atoms with E-state index < -0.39 is 0 Å². The van der Waals surface area contributed by atoms with Crippen LogP contribution in [0.2, 0.25) is 0 Å². The van der Waals surface area contributed by atoms with E-state index in [2.05, 4.69) is 18.7 Å². The highest BCUT2D eigenvalue weighted by molar-refractivity contribution is 5.78. The maximum atomic E-state index is 12.3. The molecule has 0 aliphatic carbocycles. The van der Waals surface area contributed by atoms with E-state index in [4.69, 9.17) is 9.47 Å². The first-order valence-corrected chi connectivity index (χ1v) is 8.45. The van der Waals surface area contributed by atoms with Gasteiger partial charge in [0.25, 0.3) is 5.91 Å². The maximum absolute atomic E-state index is 12.3. The molecule has 1 aliphatic heterocycles. The number of ether oxygens (including phenoxy) is 2. The lowest BCUT2D eigenvalue weighted by Gasteiger charge is -2.35. The quantitative estimate of drug-likeness (QED) is 0.773. The number of benzene rings is 1. The Hall–Kier alpha value is -1.75. The van der Waals surface area contributed by atoms with Crippen molar-refractivity contribution in [3.05, 3.63) is 24.3 Å². The summed E-state index contributed by atoms with van der Waals surface area (Å²) < 4.78 is 11.2. The van der Waals surface area contributed by atoms with Crippen LogP contribution in [0.1, 0.15) is 20.8 Å². The number of hydrogen-bond acceptors (Lipinski definition) is 4. The normalized spacial score (nSPS) is 15.7. The number of amides is 1. The highest BCUT2D eigenvalue weighted by Gasteiger charge is 2.21. The number of hydrogen-bond donors (Lipinski definition) is 0. The van der Waals surface area contributed by atoms with Crippen LogP contribution in [-0.2, 0) is 4.79 Å². The molecule has 1 saturated heterocycles. The molecule has 1 fully saturated rings. The Morgan fingerprint density at radius 2 is 1.70 bits per heavy atom. The number of carbonyl (C=O) groups excluding carboxylic acids is 1. The second-order valence-corrected chi connectivity index (χ2v) is 6.24. The van der Waals surface area contributed by atoms with Crippen molar-refractivity contribution in [2.45, 2.75) is 20.8 Å². The molecule has 5 nitrogen and oxygen atoms in total. The summed E-state index contributed by atoms with van der Waals surface area (Å²) in [6.45, 7) is 11.6. The number of nitrogens with zero attached hydrogens (tertiary/aromatic N) is 2. The third kappa shape index (κ3) is 5.43. The summed E-state index contributed by atoms with van der Waals surface area (Å²) in [7, 11) is 0. The molecule has 1 amide bonds. The lowest BCUT2D eigenvalue weighted by atomic mass is 10.2. The van der Waals surface area contributed by atoms with Crippen molar-refractivity contribution in [1.29, 1.82) is 0 Å². The second-order valence-electron chi connectivity index (χ2n) is 6.24. The predicted molar refractivity (Wildman–Crippen MR) is 91.0 cm³/mol. The fraction of sp³-hybridized carbons (Fsp3) is 0.611. The molecule has 0 unspecified atom stereocenters. The number of para-hydroxylation sites is 2. The lowest BCUT2D eigenvalue weighted by molar-refractivity contribution is -0.135. The van der Waals surface area contributed by atoms with Gasteiger partial charge in [-0.2, -0.15) is 0 Å². The predicted octanol–water partition coefficient (Wildman–Crippen LogP) is 2.26. The van der Waals surface area contributed by atoms with E-state index in [0.717, 1.165) is 32.7 Å². The van der Waals surface area contributed by atoms with Gasteiger partial charge in [-0.25, -0.2) is 0 Å². The molecule has 0 N–H and O–H groups in total. The second kappa shape index (κ2) is 8.77. The SMILES string of the molecule is CCOc1ccccc1OCC(=O)N1CCN(CC(C)C)CC1. The maximum Gasteiger partial charge on any atom is 0.260 e. The largest absolute Gasteiger partial charge is 0.490 e. The van der Waals surface area contributed by atoms with Gasteiger partial charge < -0.3 is 14.4 Å². The van der Waals surface area contributed by atoms with Crippen molar-refractivity contribution < 1.29 is 14.3 Å². The molecule has 23 heavy (non-hydrogen) atoms. The van der Waals surface area contributed by atoms with Crippen LogP contribution in [0.25, 0.3) is 0 Å². The Morgan fingerprint density at radius 3 is 2.26 bits per heavy atom. The van der Waals surface area contributed by atoms with Crippen LogP contribution in [-0.4, -0.2) is 61.6 Å². The van der Waals surface area contributed by atoms with Crippen LogP contribution < -0.4 is 9.47 Å². The lowest BCUT2D eigenvalue weighted by Crippen LogP contribution is -2.50. The molecule has 1 aromatic carbocycles. The third-order valence-electron chi connectivity index (χ3n) is 3.85. The van der Waals surface area contributed by atoms with Crippen molar-refractivity contribution in [3.63, 3.8) is 0 Å². The topological polar surface area (TPSA) is 42.0 Å². The minimum atomic E-state index is 0.0421. The fourth-order valence-corrected chi connectivity index (χ4v) is 2.77. The molecule has 0 radical (unpaired) electrons. The Balaban J connectivity index is 1.80. The third-order valence-corrected chi connectivity index (χ3v) is 3.85. The van der Waals surface area contributed by atoms with Gasteiger partial charge in [0.2, 0.25) is 0 Å². The van der Waals surface area contributed by atoms with E-state index in [1.165, 1.54) is 0 Å². The van der Waals surface area contributed by atoms with Gasteiger partial charge in [-0.3, -0.25) is 9.69 Å². The van der Waals surface area contributed by atoms with Crippen LogP contribution in [0.3, 0.4) is 0 Å². The number of piperazine rings is 1. The minimum absolute atomic E-state index is 0.0421. The molecule has 0 saturated carbocycles. The molecule has 0 aromatic heterocycles. The Kier molecular flexibility index (Phi) is 6.71. The summed E-state index contributed by atoms with van der Waals surface area (Å²) in [5.74, 6) is 2.02. The van der Waals surface area contributed by atoms with Gasteiger partial charge in [0, 0.05) is 32.7 Å². The fourth-order valence-electron chi connectivity index (χ4n) is 2.77. The Morgan fingerprint density at radius 1 is 1.09 bits per heavy atom. The van der Waals surface area contributed by atoms with E-state index in [9.17, 15) is 4.79 Å². The summed E-state index contributed by atoms with van der Waals surface area (Å²) in [5, 5.41) is 0. The minimum Gasteiger partial charge on any atom is -0.490 e. The van der Waals surface area contributed by atoms with Gasteiger partial charge >= 0.3 is 0 Å². The van der Waals surface area contributed by atoms with Gasteiger partial charge in [0.05, 0.1) is 6.61 Å². The summed E-state index contributed by atoms with van der Waals surface area (Å²) in [6, 6.07) is 7.47. The van der Waals surface area contributed by atoms with Crippen LogP contribution in [0.5, 0.6) is 11.5 Å². The van der Waals surface area contributed by atoms with E-state index in [0.29, 0.717) is 24.0 Å². The van der Waals surface area contributed by atoms with Crippen molar-refractivity contribution in [3.8, 4) is 11.5 Å². The van der Waals surface area contributed by atoms with Crippen molar-refractivity contribution in [1.82, 2.24) is 9.80 Å². The Labute approximate surface area is 139 Å². The first kappa shape index (κ1) is 17.6. The molecular formula is C18H28N2O3. The molecule has 1 aromatic rings. The van der Waals surface area contributed by atoms with Crippen LogP contribution in [0.15, 0.2) is 24.3 Å². The van der Waals surface area contributed by atoms with Crippen molar-refractivity contribution >= 4 is 5.91 Å². The van der Waals surface area contributed by atoms with Gasteiger partial charge in [-0.1, -0.05) is 26.0 Å². The molecule has 128 valence electrons. The summed E-state index contributed by atoms with van der Waals surface area (Å²) in [5.41, 5.74) is 0. The number of carbonyl (C=O) groups is 1. The summed E-state index contributed by atoms with van der Waals surface area (Å²) in [6.07, 6.45) is 0. The van der Waals surface area contributed by atoms with Crippen molar-refractivity contribution in [2.24, 2.45) is 5.92 Å². The highest BCUT2D eigenvalue weighted by Crippen LogP contribution is 2.26. The molecule has 0 atom stereocenters. The zero-order valence-electron chi connectivity index (χ0n) is 14.5. The molecule has 0 bridgehead atoms. The molecular weight excluding hydrogens is 292 g/mol. The van der Waals surface area contributed by atoms with E-state index in [1.54, 1.807) is 0 Å². The highest BCUT2D eigenvalue weighted by atomic mass is 16.5. The van der Waals surface area contributed by atoms with Crippen LogP contribution in [0, 0.1) is 5.92 Å². The summed E-state index contributed by atoms with van der Waals surface area (Å²) >= 11 is 0. The van der Waals surface area contributed by atoms with Gasteiger partial charge in [-0.15, -0.1) is 0 Å². The van der Waals surface area contributed by atoms with E-state index in [-0.39, 0.29) is 12.5 Å². The van der Waals surface area contributed by atoms with Gasteiger partial charge in [0.1, 0.15) is 0 Å². The first-order chi connectivity index (χ1) is 11.1. The average Bonchev–Trinajstić information content (AvgIpc) is 2.54. The molecule has 5 heteroatoms. The molecule has 0 spiro atoms. The zero-order chi connectivity index (χ0) is 16.7. The smallest absolute Gasteiger partial charge is 0.260 e. The average molecular weight is 320 g/mol.